The fourth-order valence-electron chi connectivity index (χ4n) is 2.51. The quantitative estimate of drug-likeness (QED) is 0.610. The Bertz CT molecular complexity index is 962. The lowest BCUT2D eigenvalue weighted by Crippen LogP contribution is -2.25. The Kier molecular flexibility index (Phi) is 6.33. The van der Waals surface area contributed by atoms with E-state index in [9.17, 15) is 18.4 Å². The molecule has 0 radical (unpaired) electrons. The van der Waals surface area contributed by atoms with E-state index in [0.717, 1.165) is 0 Å². The lowest BCUT2D eigenvalue weighted by Gasteiger charge is -2.13. The van der Waals surface area contributed by atoms with Crippen molar-refractivity contribution in [3.05, 3.63) is 82.0 Å². The highest BCUT2D eigenvalue weighted by Crippen LogP contribution is 2.21. The molecule has 0 unspecified atom stereocenters. The minimum absolute atomic E-state index is 0.00270. The van der Waals surface area contributed by atoms with E-state index < -0.39 is 12.5 Å². The second kappa shape index (κ2) is 9.09. The average molecular weight is 402 g/mol. The van der Waals surface area contributed by atoms with Crippen LogP contribution in [0.2, 0.25) is 0 Å². The lowest BCUT2D eigenvalue weighted by molar-refractivity contribution is -0.0504. The molecule has 0 spiro atoms. The number of halogens is 2. The minimum Gasteiger partial charge on any atom is -0.434 e. The number of amides is 2. The molecular formula is C20H16F2N2O3S. The van der Waals surface area contributed by atoms with Gasteiger partial charge in [-0.3, -0.25) is 9.59 Å². The number of thiophene rings is 1. The molecular weight excluding hydrogens is 386 g/mol. The third-order valence-corrected chi connectivity index (χ3v) is 4.66. The maximum absolute atomic E-state index is 12.6. The molecule has 0 fully saturated rings. The second-order valence-corrected chi connectivity index (χ2v) is 6.59. The van der Waals surface area contributed by atoms with E-state index in [-0.39, 0.29) is 23.8 Å². The monoisotopic (exact) mass is 402 g/mol. The number of para-hydroxylation sites is 2. The van der Waals surface area contributed by atoms with Crippen molar-refractivity contribution >= 4 is 28.8 Å². The van der Waals surface area contributed by atoms with Gasteiger partial charge in [-0.05, 0) is 29.6 Å². The van der Waals surface area contributed by atoms with Gasteiger partial charge in [0.1, 0.15) is 5.75 Å². The van der Waals surface area contributed by atoms with Crippen LogP contribution in [0.15, 0.2) is 66.0 Å². The number of nitrogens with one attached hydrogen (secondary N) is 2. The number of carbonyl (C=O) groups excluding carboxylic acids is 2. The Morgan fingerprint density at radius 2 is 1.71 bits per heavy atom. The maximum atomic E-state index is 12.6. The van der Waals surface area contributed by atoms with Crippen LogP contribution in [0, 0.1) is 0 Å². The summed E-state index contributed by atoms with van der Waals surface area (Å²) in [6.07, 6.45) is 0. The van der Waals surface area contributed by atoms with Crippen LogP contribution in [-0.2, 0) is 6.54 Å². The highest BCUT2D eigenvalue weighted by molar-refractivity contribution is 7.12. The number of alkyl halides is 2. The fraction of sp³-hybridized carbons (Fsp3) is 0.100. The first-order valence-electron chi connectivity index (χ1n) is 8.29. The predicted molar refractivity (Wildman–Crippen MR) is 103 cm³/mol. The van der Waals surface area contributed by atoms with Crippen molar-refractivity contribution in [2.24, 2.45) is 0 Å². The standard InChI is InChI=1S/C20H16F2N2O3S/c21-20(22)27-16-9-4-1-6-13(16)12-23-18(25)14-7-2-3-8-15(14)24-19(26)17-10-5-11-28-17/h1-11,20H,12H2,(H,23,25)(H,24,26). The van der Waals surface area contributed by atoms with Crippen molar-refractivity contribution in [2.45, 2.75) is 13.2 Å². The van der Waals surface area contributed by atoms with Gasteiger partial charge < -0.3 is 15.4 Å². The Labute approximate surface area is 164 Å². The number of anilines is 1. The predicted octanol–water partition coefficient (Wildman–Crippen LogP) is 4.53. The van der Waals surface area contributed by atoms with E-state index in [2.05, 4.69) is 15.4 Å². The molecule has 2 N–H and O–H groups in total. The number of benzene rings is 2. The van der Waals surface area contributed by atoms with Crippen LogP contribution < -0.4 is 15.4 Å². The molecule has 0 aliphatic heterocycles. The van der Waals surface area contributed by atoms with Crippen molar-refractivity contribution < 1.29 is 23.1 Å². The zero-order chi connectivity index (χ0) is 19.9. The van der Waals surface area contributed by atoms with Crippen LogP contribution in [0.1, 0.15) is 25.6 Å². The molecule has 0 saturated heterocycles. The van der Waals surface area contributed by atoms with Crippen LogP contribution in [0.5, 0.6) is 5.75 Å². The van der Waals surface area contributed by atoms with Gasteiger partial charge >= 0.3 is 6.61 Å². The van der Waals surface area contributed by atoms with Gasteiger partial charge in [-0.15, -0.1) is 11.3 Å². The normalized spacial score (nSPS) is 10.5. The van der Waals surface area contributed by atoms with Crippen molar-refractivity contribution in [1.82, 2.24) is 5.32 Å². The molecule has 2 aromatic carbocycles. The van der Waals surface area contributed by atoms with Gasteiger partial charge in [0.25, 0.3) is 11.8 Å². The van der Waals surface area contributed by atoms with E-state index in [1.807, 2.05) is 0 Å². The molecule has 0 aliphatic rings. The molecule has 1 aromatic heterocycles. The Morgan fingerprint density at radius 1 is 0.964 bits per heavy atom. The van der Waals surface area contributed by atoms with Gasteiger partial charge in [-0.2, -0.15) is 8.78 Å². The third kappa shape index (κ3) is 4.92. The Balaban J connectivity index is 1.71. The first-order valence-corrected chi connectivity index (χ1v) is 9.17. The molecule has 2 amide bonds. The van der Waals surface area contributed by atoms with Crippen molar-refractivity contribution in [1.29, 1.82) is 0 Å². The van der Waals surface area contributed by atoms with Crippen LogP contribution in [0.4, 0.5) is 14.5 Å². The van der Waals surface area contributed by atoms with Crippen LogP contribution in [0.25, 0.3) is 0 Å². The van der Waals surface area contributed by atoms with Gasteiger partial charge in [0.05, 0.1) is 16.1 Å². The first kappa shape index (κ1) is 19.5. The van der Waals surface area contributed by atoms with Crippen LogP contribution in [-0.4, -0.2) is 18.4 Å². The maximum Gasteiger partial charge on any atom is 0.387 e. The minimum atomic E-state index is -2.95. The summed E-state index contributed by atoms with van der Waals surface area (Å²) in [5.41, 5.74) is 1.03. The van der Waals surface area contributed by atoms with E-state index in [4.69, 9.17) is 0 Å². The summed E-state index contributed by atoms with van der Waals surface area (Å²) in [7, 11) is 0. The molecule has 3 rings (SSSR count). The van der Waals surface area contributed by atoms with Gasteiger partial charge in [0.2, 0.25) is 0 Å². The first-order chi connectivity index (χ1) is 13.5. The van der Waals surface area contributed by atoms with Gasteiger partial charge in [-0.1, -0.05) is 36.4 Å². The summed E-state index contributed by atoms with van der Waals surface area (Å²) < 4.78 is 29.5. The van der Waals surface area contributed by atoms with E-state index in [1.165, 1.54) is 17.4 Å². The lowest BCUT2D eigenvalue weighted by atomic mass is 10.1. The molecule has 0 aliphatic carbocycles. The number of hydrogen-bond acceptors (Lipinski definition) is 4. The summed E-state index contributed by atoms with van der Waals surface area (Å²) in [5, 5.41) is 7.17. The van der Waals surface area contributed by atoms with E-state index >= 15 is 0 Å². The molecule has 0 saturated carbocycles. The molecule has 144 valence electrons. The summed E-state index contributed by atoms with van der Waals surface area (Å²) in [6.45, 7) is -2.96. The number of carbonyl (C=O) groups is 2. The third-order valence-electron chi connectivity index (χ3n) is 3.79. The highest BCUT2D eigenvalue weighted by atomic mass is 32.1. The summed E-state index contributed by atoms with van der Waals surface area (Å²) in [4.78, 5) is 25.4. The molecule has 8 heteroatoms. The Morgan fingerprint density at radius 3 is 2.46 bits per heavy atom. The van der Waals surface area contributed by atoms with E-state index in [0.29, 0.717) is 16.1 Å². The molecule has 0 atom stereocenters. The average Bonchev–Trinajstić information content (AvgIpc) is 3.22. The van der Waals surface area contributed by atoms with Crippen molar-refractivity contribution in [2.75, 3.05) is 5.32 Å². The van der Waals surface area contributed by atoms with Gasteiger partial charge in [0.15, 0.2) is 0 Å². The number of rotatable bonds is 7. The summed E-state index contributed by atoms with van der Waals surface area (Å²) >= 11 is 1.29. The zero-order valence-electron chi connectivity index (χ0n) is 14.5. The molecule has 3 aromatic rings. The summed E-state index contributed by atoms with van der Waals surface area (Å²) in [6, 6.07) is 16.2. The molecule has 1 heterocycles. The van der Waals surface area contributed by atoms with Crippen molar-refractivity contribution in [3.63, 3.8) is 0 Å². The molecule has 28 heavy (non-hydrogen) atoms. The largest absolute Gasteiger partial charge is 0.434 e. The molecule has 5 nitrogen and oxygen atoms in total. The van der Waals surface area contributed by atoms with Crippen LogP contribution in [0.3, 0.4) is 0 Å². The fourth-order valence-corrected chi connectivity index (χ4v) is 3.13. The zero-order valence-corrected chi connectivity index (χ0v) is 15.3. The van der Waals surface area contributed by atoms with Gasteiger partial charge in [0, 0.05) is 12.1 Å². The highest BCUT2D eigenvalue weighted by Gasteiger charge is 2.15. The number of hydrogen-bond donors (Lipinski definition) is 2. The second-order valence-electron chi connectivity index (χ2n) is 5.65. The van der Waals surface area contributed by atoms with Gasteiger partial charge in [-0.25, -0.2) is 0 Å². The van der Waals surface area contributed by atoms with E-state index in [1.54, 1.807) is 60.0 Å². The number of ether oxygens (including phenoxy) is 1. The topological polar surface area (TPSA) is 67.4 Å². The summed E-state index contributed by atoms with van der Waals surface area (Å²) in [5.74, 6) is -0.767. The molecule has 0 bridgehead atoms. The smallest absolute Gasteiger partial charge is 0.387 e. The van der Waals surface area contributed by atoms with Crippen molar-refractivity contribution in [3.8, 4) is 5.75 Å². The Hall–Kier alpha value is -3.26. The SMILES string of the molecule is O=C(Nc1ccccc1C(=O)NCc1ccccc1OC(F)F)c1cccs1. The van der Waals surface area contributed by atoms with Crippen LogP contribution >= 0.6 is 11.3 Å².